The highest BCUT2D eigenvalue weighted by molar-refractivity contribution is 5.90. The molecule has 25 heavy (non-hydrogen) atoms. The fraction of sp³-hybridized carbons (Fsp3) is 0.211. The van der Waals surface area contributed by atoms with Crippen LogP contribution in [0.4, 0.5) is 0 Å². The first-order chi connectivity index (χ1) is 12.0. The molecule has 0 aromatic heterocycles. The smallest absolute Gasteiger partial charge is 0.337 e. The second-order valence-electron chi connectivity index (χ2n) is 5.52. The zero-order valence-electron chi connectivity index (χ0n) is 14.4. The maximum atomic E-state index is 11.7. The van der Waals surface area contributed by atoms with Gasteiger partial charge in [-0.15, -0.1) is 0 Å². The molecular formula is C19H20N2O4. The first-order valence-corrected chi connectivity index (χ1v) is 7.69. The largest absolute Gasteiger partial charge is 0.484 e. The van der Waals surface area contributed by atoms with Crippen molar-refractivity contribution in [2.45, 2.75) is 13.8 Å². The number of carbonyl (C=O) groups excluding carboxylic acids is 2. The Morgan fingerprint density at radius 3 is 2.32 bits per heavy atom. The van der Waals surface area contributed by atoms with Gasteiger partial charge in [-0.1, -0.05) is 18.2 Å². The number of nitrogens with zero attached hydrogens (tertiary/aromatic N) is 1. The number of methoxy groups -OCH3 is 1. The summed E-state index contributed by atoms with van der Waals surface area (Å²) >= 11 is 0. The molecule has 1 amide bonds. The van der Waals surface area contributed by atoms with Gasteiger partial charge in [0.15, 0.2) is 6.61 Å². The van der Waals surface area contributed by atoms with Gasteiger partial charge in [0, 0.05) is 0 Å². The van der Waals surface area contributed by atoms with Gasteiger partial charge in [-0.25, -0.2) is 10.2 Å². The van der Waals surface area contributed by atoms with E-state index in [1.165, 1.54) is 13.3 Å². The van der Waals surface area contributed by atoms with Crippen molar-refractivity contribution < 1.29 is 19.1 Å². The summed E-state index contributed by atoms with van der Waals surface area (Å²) < 4.78 is 10.1. The molecule has 6 heteroatoms. The van der Waals surface area contributed by atoms with E-state index >= 15 is 0 Å². The Bertz CT molecular complexity index is 762. The molecule has 0 fully saturated rings. The molecule has 0 radical (unpaired) electrons. The van der Waals surface area contributed by atoms with Gasteiger partial charge in [0.1, 0.15) is 5.75 Å². The van der Waals surface area contributed by atoms with Crippen molar-refractivity contribution in [3.8, 4) is 5.75 Å². The van der Waals surface area contributed by atoms with E-state index in [1.54, 1.807) is 24.3 Å². The summed E-state index contributed by atoms with van der Waals surface area (Å²) in [6.45, 7) is 3.81. The number of hydrogen-bond donors (Lipinski definition) is 1. The van der Waals surface area contributed by atoms with Gasteiger partial charge in [0.25, 0.3) is 5.91 Å². The normalized spacial score (nSPS) is 10.5. The summed E-state index contributed by atoms with van der Waals surface area (Å²) in [5.41, 5.74) is 5.73. The number of hydrogen-bond acceptors (Lipinski definition) is 5. The molecule has 0 unspecified atom stereocenters. The maximum Gasteiger partial charge on any atom is 0.337 e. The Morgan fingerprint density at radius 2 is 1.72 bits per heavy atom. The average molecular weight is 340 g/mol. The monoisotopic (exact) mass is 340 g/mol. The van der Waals surface area contributed by atoms with E-state index in [4.69, 9.17) is 4.74 Å². The lowest BCUT2D eigenvalue weighted by molar-refractivity contribution is -0.123. The molecule has 0 spiro atoms. The zero-order chi connectivity index (χ0) is 18.2. The molecule has 0 atom stereocenters. The number of amides is 1. The van der Waals surface area contributed by atoms with Crippen LogP contribution in [0, 0.1) is 13.8 Å². The van der Waals surface area contributed by atoms with Crippen LogP contribution in [0.25, 0.3) is 0 Å². The predicted octanol–water partition coefficient (Wildman–Crippen LogP) is 2.62. The number of ether oxygens (including phenoxy) is 2. The first-order valence-electron chi connectivity index (χ1n) is 7.69. The number of hydrazone groups is 1. The molecular weight excluding hydrogens is 320 g/mol. The van der Waals surface area contributed by atoms with Crippen molar-refractivity contribution in [2.75, 3.05) is 13.7 Å². The van der Waals surface area contributed by atoms with Crippen molar-refractivity contribution in [1.82, 2.24) is 5.43 Å². The van der Waals surface area contributed by atoms with Crippen LogP contribution in [0.5, 0.6) is 5.75 Å². The number of carbonyl (C=O) groups is 2. The average Bonchev–Trinajstić information content (AvgIpc) is 2.59. The van der Waals surface area contributed by atoms with E-state index in [-0.39, 0.29) is 12.5 Å². The molecule has 0 heterocycles. The van der Waals surface area contributed by atoms with Crippen LogP contribution >= 0.6 is 0 Å². The highest BCUT2D eigenvalue weighted by Crippen LogP contribution is 2.15. The summed E-state index contributed by atoms with van der Waals surface area (Å²) in [6, 6.07) is 12.4. The molecule has 0 saturated carbocycles. The molecule has 0 aliphatic heterocycles. The Morgan fingerprint density at radius 1 is 1.08 bits per heavy atom. The van der Waals surface area contributed by atoms with Crippen LogP contribution in [-0.4, -0.2) is 31.8 Å². The van der Waals surface area contributed by atoms with Crippen LogP contribution in [0.15, 0.2) is 47.6 Å². The minimum absolute atomic E-state index is 0.124. The summed E-state index contributed by atoms with van der Waals surface area (Å²) in [6.07, 6.45) is 1.48. The highest BCUT2D eigenvalue weighted by atomic mass is 16.5. The van der Waals surface area contributed by atoms with Gasteiger partial charge in [0.2, 0.25) is 0 Å². The summed E-state index contributed by atoms with van der Waals surface area (Å²) in [5.74, 6) is -0.114. The minimum Gasteiger partial charge on any atom is -0.484 e. The second kappa shape index (κ2) is 8.63. The van der Waals surface area contributed by atoms with E-state index in [2.05, 4.69) is 15.3 Å². The lowest BCUT2D eigenvalue weighted by atomic mass is 10.1. The molecule has 0 saturated heterocycles. The molecule has 0 bridgehead atoms. The quantitative estimate of drug-likeness (QED) is 0.498. The van der Waals surface area contributed by atoms with Gasteiger partial charge in [-0.05, 0) is 54.8 Å². The molecule has 2 rings (SSSR count). The molecule has 130 valence electrons. The minimum atomic E-state index is -0.402. The van der Waals surface area contributed by atoms with E-state index in [0.29, 0.717) is 11.3 Å². The third-order valence-electron chi connectivity index (χ3n) is 3.30. The Labute approximate surface area is 146 Å². The van der Waals surface area contributed by atoms with Gasteiger partial charge >= 0.3 is 5.97 Å². The Balaban J connectivity index is 1.82. The molecule has 1 N–H and O–H groups in total. The third kappa shape index (κ3) is 5.76. The predicted molar refractivity (Wildman–Crippen MR) is 94.9 cm³/mol. The number of aryl methyl sites for hydroxylation is 2. The number of esters is 1. The summed E-state index contributed by atoms with van der Waals surface area (Å²) in [5, 5.41) is 3.86. The van der Waals surface area contributed by atoms with Crippen LogP contribution in [0.1, 0.15) is 27.0 Å². The van der Waals surface area contributed by atoms with Crippen molar-refractivity contribution in [2.24, 2.45) is 5.10 Å². The maximum absolute atomic E-state index is 11.7. The standard InChI is InChI=1S/C19H20N2O4/c1-13-8-14(2)10-17(9-13)25-12-18(22)21-20-11-15-4-6-16(7-5-15)19(23)24-3/h4-11H,12H2,1-3H3,(H,21,22)/b20-11-. The lowest BCUT2D eigenvalue weighted by Crippen LogP contribution is -2.24. The Kier molecular flexibility index (Phi) is 6.28. The number of nitrogens with one attached hydrogen (secondary N) is 1. The Hall–Kier alpha value is -3.15. The second-order valence-corrected chi connectivity index (χ2v) is 5.52. The fourth-order valence-electron chi connectivity index (χ4n) is 2.20. The van der Waals surface area contributed by atoms with Crippen molar-refractivity contribution in [1.29, 1.82) is 0 Å². The van der Waals surface area contributed by atoms with Crippen LogP contribution in [-0.2, 0) is 9.53 Å². The van der Waals surface area contributed by atoms with Gasteiger partial charge in [-0.3, -0.25) is 4.79 Å². The molecule has 0 aliphatic rings. The number of rotatable bonds is 6. The topological polar surface area (TPSA) is 77.0 Å². The fourth-order valence-corrected chi connectivity index (χ4v) is 2.20. The molecule has 6 nitrogen and oxygen atoms in total. The lowest BCUT2D eigenvalue weighted by Gasteiger charge is -2.07. The summed E-state index contributed by atoms with van der Waals surface area (Å²) in [7, 11) is 1.33. The molecule has 2 aromatic rings. The SMILES string of the molecule is COC(=O)c1ccc(/C=N\NC(=O)COc2cc(C)cc(C)c2)cc1. The summed E-state index contributed by atoms with van der Waals surface area (Å²) in [4.78, 5) is 23.1. The van der Waals surface area contributed by atoms with Crippen molar-refractivity contribution >= 4 is 18.1 Å². The highest BCUT2D eigenvalue weighted by Gasteiger charge is 2.04. The van der Waals surface area contributed by atoms with Gasteiger partial charge in [-0.2, -0.15) is 5.10 Å². The first kappa shape index (κ1) is 18.2. The van der Waals surface area contributed by atoms with E-state index in [9.17, 15) is 9.59 Å². The zero-order valence-corrected chi connectivity index (χ0v) is 14.4. The molecule has 0 aliphatic carbocycles. The van der Waals surface area contributed by atoms with E-state index in [1.807, 2.05) is 32.0 Å². The van der Waals surface area contributed by atoms with Gasteiger partial charge < -0.3 is 9.47 Å². The molecule has 2 aromatic carbocycles. The van der Waals surface area contributed by atoms with E-state index < -0.39 is 5.97 Å². The van der Waals surface area contributed by atoms with Crippen LogP contribution in [0.2, 0.25) is 0 Å². The van der Waals surface area contributed by atoms with Gasteiger partial charge in [0.05, 0.1) is 18.9 Å². The van der Waals surface area contributed by atoms with E-state index in [0.717, 1.165) is 16.7 Å². The van der Waals surface area contributed by atoms with Crippen LogP contribution < -0.4 is 10.2 Å². The van der Waals surface area contributed by atoms with Crippen molar-refractivity contribution in [3.05, 3.63) is 64.7 Å². The number of benzene rings is 2. The third-order valence-corrected chi connectivity index (χ3v) is 3.30. The van der Waals surface area contributed by atoms with Crippen LogP contribution in [0.3, 0.4) is 0 Å². The van der Waals surface area contributed by atoms with Crippen molar-refractivity contribution in [3.63, 3.8) is 0 Å².